The highest BCUT2D eigenvalue weighted by molar-refractivity contribution is 5.21. The first-order valence-corrected chi connectivity index (χ1v) is 4.54. The van der Waals surface area contributed by atoms with Gasteiger partial charge in [0.25, 0.3) is 0 Å². The SMILES string of the molecule is COC(CN)Cc1ccc(C)cc1. The molecule has 13 heavy (non-hydrogen) atoms. The number of hydrogen-bond donors (Lipinski definition) is 1. The van der Waals surface area contributed by atoms with Crippen LogP contribution in [0.15, 0.2) is 24.3 Å². The Morgan fingerprint density at radius 1 is 1.31 bits per heavy atom. The van der Waals surface area contributed by atoms with E-state index < -0.39 is 0 Å². The predicted molar refractivity (Wildman–Crippen MR) is 54.7 cm³/mol. The minimum absolute atomic E-state index is 0.141. The molecule has 0 radical (unpaired) electrons. The first-order chi connectivity index (χ1) is 6.26. The molecule has 1 aromatic carbocycles. The Morgan fingerprint density at radius 3 is 2.38 bits per heavy atom. The van der Waals surface area contributed by atoms with Gasteiger partial charge in [-0.25, -0.2) is 0 Å². The molecule has 0 aromatic heterocycles. The van der Waals surface area contributed by atoms with Crippen LogP contribution in [0.1, 0.15) is 11.1 Å². The molecule has 0 saturated heterocycles. The van der Waals surface area contributed by atoms with E-state index >= 15 is 0 Å². The van der Waals surface area contributed by atoms with Gasteiger partial charge in [-0.3, -0.25) is 0 Å². The third-order valence-electron chi connectivity index (χ3n) is 2.18. The van der Waals surface area contributed by atoms with E-state index in [1.165, 1.54) is 11.1 Å². The molecular formula is C11H17NO. The zero-order chi connectivity index (χ0) is 9.68. The summed E-state index contributed by atoms with van der Waals surface area (Å²) in [5.41, 5.74) is 8.10. The molecule has 2 nitrogen and oxygen atoms in total. The summed E-state index contributed by atoms with van der Waals surface area (Å²) in [6.45, 7) is 2.66. The minimum Gasteiger partial charge on any atom is -0.380 e. The van der Waals surface area contributed by atoms with Gasteiger partial charge in [0, 0.05) is 13.7 Å². The maximum Gasteiger partial charge on any atom is 0.0733 e. The van der Waals surface area contributed by atoms with E-state index in [9.17, 15) is 0 Å². The summed E-state index contributed by atoms with van der Waals surface area (Å²) in [6, 6.07) is 8.46. The second kappa shape index (κ2) is 5.00. The lowest BCUT2D eigenvalue weighted by atomic mass is 10.1. The van der Waals surface area contributed by atoms with Crippen molar-refractivity contribution in [2.75, 3.05) is 13.7 Å². The van der Waals surface area contributed by atoms with Gasteiger partial charge < -0.3 is 10.5 Å². The van der Waals surface area contributed by atoms with Crippen LogP contribution in [0.25, 0.3) is 0 Å². The molecule has 1 aromatic rings. The molecule has 0 amide bonds. The van der Waals surface area contributed by atoms with Gasteiger partial charge in [0.15, 0.2) is 0 Å². The van der Waals surface area contributed by atoms with E-state index in [0.29, 0.717) is 6.54 Å². The third kappa shape index (κ3) is 3.17. The summed E-state index contributed by atoms with van der Waals surface area (Å²) < 4.78 is 5.21. The molecule has 0 spiro atoms. The Kier molecular flexibility index (Phi) is 3.93. The highest BCUT2D eigenvalue weighted by Gasteiger charge is 2.04. The molecule has 0 aliphatic carbocycles. The molecule has 2 heteroatoms. The average molecular weight is 179 g/mol. The summed E-state index contributed by atoms with van der Waals surface area (Å²) in [5.74, 6) is 0. The number of benzene rings is 1. The zero-order valence-corrected chi connectivity index (χ0v) is 8.29. The number of nitrogens with two attached hydrogens (primary N) is 1. The molecule has 72 valence electrons. The first kappa shape index (κ1) is 10.2. The number of ether oxygens (including phenoxy) is 1. The minimum atomic E-state index is 0.141. The summed E-state index contributed by atoms with van der Waals surface area (Å²) in [4.78, 5) is 0. The third-order valence-corrected chi connectivity index (χ3v) is 2.18. The van der Waals surface area contributed by atoms with Crippen molar-refractivity contribution in [2.24, 2.45) is 5.73 Å². The number of rotatable bonds is 4. The molecule has 0 heterocycles. The second-order valence-electron chi connectivity index (χ2n) is 3.28. The topological polar surface area (TPSA) is 35.2 Å². The standard InChI is InChI=1S/C11H17NO/c1-9-3-5-10(6-4-9)7-11(8-12)13-2/h3-6,11H,7-8,12H2,1-2H3. The van der Waals surface area contributed by atoms with Gasteiger partial charge in [-0.15, -0.1) is 0 Å². The van der Waals surface area contributed by atoms with Crippen molar-refractivity contribution < 1.29 is 4.74 Å². The van der Waals surface area contributed by atoms with Crippen molar-refractivity contribution in [3.05, 3.63) is 35.4 Å². The molecule has 0 bridgehead atoms. The van der Waals surface area contributed by atoms with Gasteiger partial charge in [-0.05, 0) is 18.9 Å². The van der Waals surface area contributed by atoms with Crippen molar-refractivity contribution in [3.8, 4) is 0 Å². The van der Waals surface area contributed by atoms with Gasteiger partial charge >= 0.3 is 0 Å². The summed E-state index contributed by atoms with van der Waals surface area (Å²) >= 11 is 0. The van der Waals surface area contributed by atoms with Crippen LogP contribution in [0, 0.1) is 6.92 Å². The van der Waals surface area contributed by atoms with E-state index in [2.05, 4.69) is 31.2 Å². The Morgan fingerprint density at radius 2 is 1.92 bits per heavy atom. The Labute approximate surface area is 79.7 Å². The molecule has 2 N–H and O–H groups in total. The fraction of sp³-hybridized carbons (Fsp3) is 0.455. The molecule has 1 atom stereocenters. The Hall–Kier alpha value is -0.860. The molecule has 1 unspecified atom stereocenters. The van der Waals surface area contributed by atoms with Crippen LogP contribution in [0.2, 0.25) is 0 Å². The highest BCUT2D eigenvalue weighted by atomic mass is 16.5. The molecule has 0 saturated carbocycles. The van der Waals surface area contributed by atoms with Crippen LogP contribution in [0.5, 0.6) is 0 Å². The van der Waals surface area contributed by atoms with Crippen LogP contribution in [-0.2, 0) is 11.2 Å². The van der Waals surface area contributed by atoms with Crippen LogP contribution >= 0.6 is 0 Å². The smallest absolute Gasteiger partial charge is 0.0733 e. The second-order valence-corrected chi connectivity index (χ2v) is 3.28. The fourth-order valence-electron chi connectivity index (χ4n) is 1.25. The quantitative estimate of drug-likeness (QED) is 0.760. The monoisotopic (exact) mass is 179 g/mol. The molecule has 0 aliphatic heterocycles. The normalized spacial score (nSPS) is 12.8. The maximum absolute atomic E-state index is 5.54. The van der Waals surface area contributed by atoms with E-state index in [0.717, 1.165) is 6.42 Å². The van der Waals surface area contributed by atoms with Crippen LogP contribution in [0.4, 0.5) is 0 Å². The van der Waals surface area contributed by atoms with Gasteiger partial charge in [-0.1, -0.05) is 29.8 Å². The van der Waals surface area contributed by atoms with E-state index in [1.807, 2.05) is 0 Å². The van der Waals surface area contributed by atoms with Gasteiger partial charge in [-0.2, -0.15) is 0 Å². The fourth-order valence-corrected chi connectivity index (χ4v) is 1.25. The van der Waals surface area contributed by atoms with Crippen molar-refractivity contribution >= 4 is 0 Å². The van der Waals surface area contributed by atoms with Gasteiger partial charge in [0.05, 0.1) is 6.10 Å². The van der Waals surface area contributed by atoms with Crippen LogP contribution in [0.3, 0.4) is 0 Å². The number of aryl methyl sites for hydroxylation is 1. The Bertz CT molecular complexity index is 239. The molecule has 0 fully saturated rings. The zero-order valence-electron chi connectivity index (χ0n) is 8.29. The van der Waals surface area contributed by atoms with Gasteiger partial charge in [0.1, 0.15) is 0 Å². The van der Waals surface area contributed by atoms with Crippen molar-refractivity contribution in [2.45, 2.75) is 19.4 Å². The summed E-state index contributed by atoms with van der Waals surface area (Å²) in [7, 11) is 1.70. The lowest BCUT2D eigenvalue weighted by Gasteiger charge is -2.12. The average Bonchev–Trinajstić information content (AvgIpc) is 2.17. The Balaban J connectivity index is 2.58. The molecular weight excluding hydrogens is 162 g/mol. The number of hydrogen-bond acceptors (Lipinski definition) is 2. The first-order valence-electron chi connectivity index (χ1n) is 4.54. The highest BCUT2D eigenvalue weighted by Crippen LogP contribution is 2.06. The summed E-state index contributed by atoms with van der Waals surface area (Å²) in [5, 5.41) is 0. The predicted octanol–water partition coefficient (Wildman–Crippen LogP) is 1.51. The lowest BCUT2D eigenvalue weighted by molar-refractivity contribution is 0.110. The maximum atomic E-state index is 5.54. The lowest BCUT2D eigenvalue weighted by Crippen LogP contribution is -2.24. The van der Waals surface area contributed by atoms with Crippen LogP contribution < -0.4 is 5.73 Å². The van der Waals surface area contributed by atoms with Crippen molar-refractivity contribution in [1.82, 2.24) is 0 Å². The van der Waals surface area contributed by atoms with Crippen LogP contribution in [-0.4, -0.2) is 19.8 Å². The summed E-state index contributed by atoms with van der Waals surface area (Å²) in [6.07, 6.45) is 1.04. The number of methoxy groups -OCH3 is 1. The van der Waals surface area contributed by atoms with Crippen molar-refractivity contribution in [3.63, 3.8) is 0 Å². The van der Waals surface area contributed by atoms with Crippen molar-refractivity contribution in [1.29, 1.82) is 0 Å². The van der Waals surface area contributed by atoms with E-state index in [-0.39, 0.29) is 6.10 Å². The molecule has 1 rings (SSSR count). The van der Waals surface area contributed by atoms with E-state index in [4.69, 9.17) is 10.5 Å². The van der Waals surface area contributed by atoms with Gasteiger partial charge in [0.2, 0.25) is 0 Å². The largest absolute Gasteiger partial charge is 0.380 e. The van der Waals surface area contributed by atoms with E-state index in [1.54, 1.807) is 7.11 Å². The molecule has 0 aliphatic rings.